The van der Waals surface area contributed by atoms with Gasteiger partial charge >= 0.3 is 0 Å². The van der Waals surface area contributed by atoms with Gasteiger partial charge < -0.3 is 10.0 Å². The lowest BCUT2D eigenvalue weighted by Gasteiger charge is -2.53. The van der Waals surface area contributed by atoms with Crippen LogP contribution < -0.4 is 0 Å². The Morgan fingerprint density at radius 1 is 0.964 bits per heavy atom. The molecule has 1 saturated heterocycles. The first kappa shape index (κ1) is 17.9. The molecule has 3 nitrogen and oxygen atoms in total. The van der Waals surface area contributed by atoms with Crippen molar-refractivity contribution in [2.45, 2.75) is 62.5 Å². The minimum Gasteiger partial charge on any atom is -0.385 e. The highest BCUT2D eigenvalue weighted by atomic mass is 16.3. The van der Waals surface area contributed by atoms with Gasteiger partial charge in [-0.15, -0.1) is 0 Å². The molecular formula is C25H29NO2. The average Bonchev–Trinajstić information content (AvgIpc) is 3.19. The second-order valence-electron chi connectivity index (χ2n) is 8.82. The molecule has 1 N–H and O–H groups in total. The van der Waals surface area contributed by atoms with E-state index in [1.165, 1.54) is 11.1 Å². The summed E-state index contributed by atoms with van der Waals surface area (Å²) in [4.78, 5) is 15.8. The van der Waals surface area contributed by atoms with Gasteiger partial charge in [0.15, 0.2) is 0 Å². The zero-order valence-corrected chi connectivity index (χ0v) is 16.4. The van der Waals surface area contributed by atoms with Crippen molar-refractivity contribution in [2.24, 2.45) is 5.92 Å². The number of hydrogen-bond acceptors (Lipinski definition) is 2. The van der Waals surface area contributed by atoms with Crippen LogP contribution in [-0.4, -0.2) is 28.5 Å². The standard InChI is InChI=1S/C25H29NO2/c27-24(21-15-14-18-8-4-5-11-20(18)21)26-17-16-25(28,19-9-2-1-3-10-19)22-12-6-7-13-23(22)26/h1-5,8-11,21-23,28H,6-7,12-17H2/t21?,22-,23?,25+/m0/s1. The van der Waals surface area contributed by atoms with E-state index in [1.807, 2.05) is 18.2 Å². The Labute approximate surface area is 167 Å². The second kappa shape index (κ2) is 7.04. The molecule has 0 bridgehead atoms. The van der Waals surface area contributed by atoms with Crippen LogP contribution >= 0.6 is 0 Å². The first-order valence-electron chi connectivity index (χ1n) is 10.8. The van der Waals surface area contributed by atoms with Crippen LogP contribution in [0, 0.1) is 5.92 Å². The molecule has 4 atom stereocenters. The van der Waals surface area contributed by atoms with Crippen molar-refractivity contribution in [3.8, 4) is 0 Å². The molecule has 0 radical (unpaired) electrons. The van der Waals surface area contributed by atoms with Crippen molar-refractivity contribution in [1.29, 1.82) is 0 Å². The quantitative estimate of drug-likeness (QED) is 0.845. The Morgan fingerprint density at radius 3 is 2.57 bits per heavy atom. The van der Waals surface area contributed by atoms with Gasteiger partial charge in [0.05, 0.1) is 11.5 Å². The predicted octanol–water partition coefficient (Wildman–Crippen LogP) is 4.40. The zero-order chi connectivity index (χ0) is 19.1. The van der Waals surface area contributed by atoms with Crippen molar-refractivity contribution in [2.75, 3.05) is 6.54 Å². The number of aryl methyl sites for hydroxylation is 1. The van der Waals surface area contributed by atoms with E-state index < -0.39 is 5.60 Å². The van der Waals surface area contributed by atoms with Gasteiger partial charge in [-0.25, -0.2) is 0 Å². The third kappa shape index (κ3) is 2.79. The smallest absolute Gasteiger partial charge is 0.230 e. The molecule has 1 aliphatic heterocycles. The molecule has 0 aromatic heterocycles. The molecule has 2 aromatic rings. The van der Waals surface area contributed by atoms with Crippen LogP contribution in [0.5, 0.6) is 0 Å². The van der Waals surface area contributed by atoms with Crippen LogP contribution in [0.3, 0.4) is 0 Å². The Kier molecular flexibility index (Phi) is 4.51. The summed E-state index contributed by atoms with van der Waals surface area (Å²) in [6, 6.07) is 18.7. The first-order valence-corrected chi connectivity index (χ1v) is 10.8. The Balaban J connectivity index is 1.44. The van der Waals surface area contributed by atoms with Crippen LogP contribution in [0.2, 0.25) is 0 Å². The Morgan fingerprint density at radius 2 is 1.71 bits per heavy atom. The first-order chi connectivity index (χ1) is 13.7. The van der Waals surface area contributed by atoms with Crippen LogP contribution in [0.4, 0.5) is 0 Å². The van der Waals surface area contributed by atoms with Gasteiger partial charge in [-0.3, -0.25) is 4.79 Å². The molecule has 3 aliphatic rings. The second-order valence-corrected chi connectivity index (χ2v) is 8.82. The predicted molar refractivity (Wildman–Crippen MR) is 110 cm³/mol. The minimum atomic E-state index is -0.809. The highest BCUT2D eigenvalue weighted by Gasteiger charge is 2.51. The number of hydrogen-bond donors (Lipinski definition) is 1. The zero-order valence-electron chi connectivity index (χ0n) is 16.4. The largest absolute Gasteiger partial charge is 0.385 e. The lowest BCUT2D eigenvalue weighted by Crippen LogP contribution is -2.59. The van der Waals surface area contributed by atoms with E-state index in [9.17, 15) is 9.90 Å². The summed E-state index contributed by atoms with van der Waals surface area (Å²) in [7, 11) is 0. The van der Waals surface area contributed by atoms with E-state index in [0.717, 1.165) is 44.1 Å². The molecule has 146 valence electrons. The van der Waals surface area contributed by atoms with Gasteiger partial charge in [0.25, 0.3) is 0 Å². The summed E-state index contributed by atoms with van der Waals surface area (Å²) in [5, 5.41) is 11.7. The van der Waals surface area contributed by atoms with Gasteiger partial charge in [-0.1, -0.05) is 67.4 Å². The minimum absolute atomic E-state index is 0.00157. The molecule has 2 unspecified atom stereocenters. The van der Waals surface area contributed by atoms with Crippen molar-refractivity contribution >= 4 is 5.91 Å². The number of nitrogens with zero attached hydrogens (tertiary/aromatic N) is 1. The number of piperidine rings is 1. The van der Waals surface area contributed by atoms with Crippen LogP contribution in [0.15, 0.2) is 54.6 Å². The van der Waals surface area contributed by atoms with Crippen LogP contribution in [-0.2, 0) is 16.8 Å². The number of amides is 1. The maximum Gasteiger partial charge on any atom is 0.230 e. The van der Waals surface area contributed by atoms with E-state index in [4.69, 9.17) is 0 Å². The molecule has 1 amide bonds. The van der Waals surface area contributed by atoms with Crippen molar-refractivity contribution < 1.29 is 9.90 Å². The van der Waals surface area contributed by atoms with Gasteiger partial charge in [0.2, 0.25) is 5.91 Å². The van der Waals surface area contributed by atoms with E-state index in [1.54, 1.807) is 0 Å². The van der Waals surface area contributed by atoms with Crippen molar-refractivity contribution in [3.63, 3.8) is 0 Å². The molecule has 1 saturated carbocycles. The van der Waals surface area contributed by atoms with Crippen molar-refractivity contribution in [3.05, 3.63) is 71.3 Å². The summed E-state index contributed by atoms with van der Waals surface area (Å²) in [5.74, 6) is 0.427. The lowest BCUT2D eigenvalue weighted by atomic mass is 9.66. The van der Waals surface area contributed by atoms with Crippen molar-refractivity contribution in [1.82, 2.24) is 4.90 Å². The normalized spacial score (nSPS) is 31.9. The van der Waals surface area contributed by atoms with E-state index in [2.05, 4.69) is 41.3 Å². The number of carbonyl (C=O) groups excluding carboxylic acids is 1. The monoisotopic (exact) mass is 375 g/mol. The maximum absolute atomic E-state index is 13.6. The van der Waals surface area contributed by atoms with E-state index >= 15 is 0 Å². The van der Waals surface area contributed by atoms with Gasteiger partial charge in [0.1, 0.15) is 0 Å². The average molecular weight is 376 g/mol. The van der Waals surface area contributed by atoms with Crippen LogP contribution in [0.1, 0.15) is 61.1 Å². The summed E-state index contributed by atoms with van der Waals surface area (Å²) in [5.41, 5.74) is 2.77. The van der Waals surface area contributed by atoms with Gasteiger partial charge in [-0.05, 0) is 48.8 Å². The molecule has 2 fully saturated rings. The van der Waals surface area contributed by atoms with E-state index in [-0.39, 0.29) is 23.8 Å². The summed E-state index contributed by atoms with van der Waals surface area (Å²) < 4.78 is 0. The molecule has 28 heavy (non-hydrogen) atoms. The molecular weight excluding hydrogens is 346 g/mol. The number of rotatable bonds is 2. The number of aliphatic hydroxyl groups is 1. The van der Waals surface area contributed by atoms with Crippen LogP contribution in [0.25, 0.3) is 0 Å². The fourth-order valence-corrected chi connectivity index (χ4v) is 6.06. The van der Waals surface area contributed by atoms with Gasteiger partial charge in [0, 0.05) is 18.5 Å². The number of fused-ring (bicyclic) bond motifs is 2. The summed E-state index contributed by atoms with van der Waals surface area (Å²) in [6.45, 7) is 0.657. The SMILES string of the molecule is O=C(C1CCc2ccccc21)N1CC[C@@](O)(c2ccccc2)[C@H]2CCCCC21. The third-order valence-electron chi connectivity index (χ3n) is 7.46. The number of carbonyl (C=O) groups is 1. The fraction of sp³-hybridized carbons (Fsp3) is 0.480. The highest BCUT2D eigenvalue weighted by molar-refractivity contribution is 5.85. The molecule has 2 aliphatic carbocycles. The highest BCUT2D eigenvalue weighted by Crippen LogP contribution is 2.48. The lowest BCUT2D eigenvalue weighted by molar-refractivity contribution is -0.156. The molecule has 0 spiro atoms. The fourth-order valence-electron chi connectivity index (χ4n) is 6.06. The Hall–Kier alpha value is -2.13. The van der Waals surface area contributed by atoms with E-state index in [0.29, 0.717) is 13.0 Å². The molecule has 3 heteroatoms. The third-order valence-corrected chi connectivity index (χ3v) is 7.46. The molecule has 1 heterocycles. The molecule has 5 rings (SSSR count). The summed E-state index contributed by atoms with van der Waals surface area (Å²) >= 11 is 0. The number of benzene rings is 2. The topological polar surface area (TPSA) is 40.5 Å². The molecule has 2 aromatic carbocycles. The van der Waals surface area contributed by atoms with Gasteiger partial charge in [-0.2, -0.15) is 0 Å². The Bertz CT molecular complexity index is 864. The summed E-state index contributed by atoms with van der Waals surface area (Å²) in [6.07, 6.45) is 6.87. The number of likely N-dealkylation sites (tertiary alicyclic amines) is 1. The maximum atomic E-state index is 13.6.